The molecule has 0 heterocycles. The topological polar surface area (TPSA) is 32.3 Å². The number of aliphatic hydroxyl groups excluding tert-OH is 1. The molecule has 0 aromatic heterocycles. The third-order valence-electron chi connectivity index (χ3n) is 2.74. The van der Waals surface area contributed by atoms with Crippen LogP contribution in [0.3, 0.4) is 0 Å². The first-order valence-corrected chi connectivity index (χ1v) is 5.50. The first-order valence-electron chi connectivity index (χ1n) is 5.50. The van der Waals surface area contributed by atoms with E-state index in [1.165, 1.54) is 19.3 Å². The average molecular weight is 187 g/mol. The Morgan fingerprint density at radius 2 is 1.92 bits per heavy atom. The summed E-state index contributed by atoms with van der Waals surface area (Å²) < 4.78 is 0. The van der Waals surface area contributed by atoms with Crippen molar-refractivity contribution in [3.63, 3.8) is 0 Å². The van der Waals surface area contributed by atoms with Crippen molar-refractivity contribution in [1.29, 1.82) is 0 Å². The molecule has 13 heavy (non-hydrogen) atoms. The molecule has 2 nitrogen and oxygen atoms in total. The standard InChI is InChI=1S/C11H25NO/c1-4-6-7-8-12-9-11(3,5-2)10-13/h12-13H,4-10H2,1-3H3. The van der Waals surface area contributed by atoms with Crippen LogP contribution in [-0.2, 0) is 0 Å². The fraction of sp³-hybridized carbons (Fsp3) is 1.00. The van der Waals surface area contributed by atoms with E-state index in [2.05, 4.69) is 26.1 Å². The molecule has 0 rings (SSSR count). The van der Waals surface area contributed by atoms with E-state index in [9.17, 15) is 0 Å². The fourth-order valence-electron chi connectivity index (χ4n) is 1.18. The lowest BCUT2D eigenvalue weighted by molar-refractivity contribution is 0.135. The lowest BCUT2D eigenvalue weighted by Gasteiger charge is -2.25. The number of nitrogens with one attached hydrogen (secondary N) is 1. The SMILES string of the molecule is CCCCCNCC(C)(CC)CO. The molecular formula is C11H25NO. The maximum Gasteiger partial charge on any atom is 0.0496 e. The van der Waals surface area contributed by atoms with E-state index in [1.54, 1.807) is 0 Å². The summed E-state index contributed by atoms with van der Waals surface area (Å²) in [5, 5.41) is 12.6. The van der Waals surface area contributed by atoms with Crippen LogP contribution in [0.4, 0.5) is 0 Å². The minimum atomic E-state index is 0.0756. The zero-order valence-corrected chi connectivity index (χ0v) is 9.40. The largest absolute Gasteiger partial charge is 0.396 e. The Kier molecular flexibility index (Phi) is 7.29. The van der Waals surface area contributed by atoms with E-state index in [-0.39, 0.29) is 12.0 Å². The molecule has 0 fully saturated rings. The van der Waals surface area contributed by atoms with Gasteiger partial charge in [0.1, 0.15) is 0 Å². The fourth-order valence-corrected chi connectivity index (χ4v) is 1.18. The summed E-state index contributed by atoms with van der Waals surface area (Å²) in [6.45, 7) is 8.77. The molecule has 2 N–H and O–H groups in total. The highest BCUT2D eigenvalue weighted by Gasteiger charge is 2.19. The third kappa shape index (κ3) is 6.05. The Labute approximate surface area is 82.7 Å². The van der Waals surface area contributed by atoms with E-state index in [0.717, 1.165) is 19.5 Å². The molecular weight excluding hydrogens is 162 g/mol. The molecule has 0 spiro atoms. The van der Waals surface area contributed by atoms with Crippen molar-refractivity contribution in [2.24, 2.45) is 5.41 Å². The summed E-state index contributed by atoms with van der Waals surface area (Å²) in [7, 11) is 0. The Morgan fingerprint density at radius 3 is 2.38 bits per heavy atom. The van der Waals surface area contributed by atoms with Crippen molar-refractivity contribution in [3.05, 3.63) is 0 Å². The van der Waals surface area contributed by atoms with Crippen molar-refractivity contribution >= 4 is 0 Å². The maximum absolute atomic E-state index is 9.15. The van der Waals surface area contributed by atoms with Gasteiger partial charge in [0.2, 0.25) is 0 Å². The Bertz CT molecular complexity index is 111. The Morgan fingerprint density at radius 1 is 1.23 bits per heavy atom. The van der Waals surface area contributed by atoms with Gasteiger partial charge in [0.15, 0.2) is 0 Å². The van der Waals surface area contributed by atoms with E-state index in [0.29, 0.717) is 0 Å². The van der Waals surface area contributed by atoms with Crippen LogP contribution in [-0.4, -0.2) is 24.8 Å². The zero-order chi connectivity index (χ0) is 10.2. The van der Waals surface area contributed by atoms with Crippen LogP contribution in [0.5, 0.6) is 0 Å². The minimum absolute atomic E-state index is 0.0756. The molecule has 80 valence electrons. The molecule has 0 aromatic rings. The second-order valence-electron chi connectivity index (χ2n) is 4.21. The number of hydrogen-bond donors (Lipinski definition) is 2. The smallest absolute Gasteiger partial charge is 0.0496 e. The first-order chi connectivity index (χ1) is 6.18. The number of unbranched alkanes of at least 4 members (excludes halogenated alkanes) is 2. The minimum Gasteiger partial charge on any atom is -0.396 e. The van der Waals surface area contributed by atoms with Gasteiger partial charge in [0, 0.05) is 18.6 Å². The summed E-state index contributed by atoms with van der Waals surface area (Å²) in [5.41, 5.74) is 0.0756. The molecule has 0 aliphatic rings. The van der Waals surface area contributed by atoms with Crippen molar-refractivity contribution in [1.82, 2.24) is 5.32 Å². The lowest BCUT2D eigenvalue weighted by atomic mass is 9.89. The summed E-state index contributed by atoms with van der Waals surface area (Å²) in [6, 6.07) is 0. The van der Waals surface area contributed by atoms with Gasteiger partial charge in [-0.05, 0) is 19.4 Å². The van der Waals surface area contributed by atoms with Crippen molar-refractivity contribution in [2.75, 3.05) is 19.7 Å². The van der Waals surface area contributed by atoms with Crippen LogP contribution in [0.2, 0.25) is 0 Å². The Hall–Kier alpha value is -0.0800. The van der Waals surface area contributed by atoms with Gasteiger partial charge < -0.3 is 10.4 Å². The number of aliphatic hydroxyl groups is 1. The predicted octanol–water partition coefficient (Wildman–Crippen LogP) is 2.17. The van der Waals surface area contributed by atoms with Crippen LogP contribution in [0, 0.1) is 5.41 Å². The molecule has 0 saturated carbocycles. The third-order valence-corrected chi connectivity index (χ3v) is 2.74. The quantitative estimate of drug-likeness (QED) is 0.571. The van der Waals surface area contributed by atoms with Gasteiger partial charge in [0.05, 0.1) is 0 Å². The highest BCUT2D eigenvalue weighted by Crippen LogP contribution is 2.18. The second-order valence-corrected chi connectivity index (χ2v) is 4.21. The molecule has 0 radical (unpaired) electrons. The van der Waals surface area contributed by atoms with Crippen molar-refractivity contribution < 1.29 is 5.11 Å². The van der Waals surface area contributed by atoms with E-state index in [1.807, 2.05) is 0 Å². The first kappa shape index (κ1) is 12.9. The number of rotatable bonds is 8. The normalized spacial score (nSPS) is 15.7. The molecule has 0 bridgehead atoms. The second kappa shape index (κ2) is 7.34. The van der Waals surface area contributed by atoms with Gasteiger partial charge in [0.25, 0.3) is 0 Å². The molecule has 1 unspecified atom stereocenters. The van der Waals surface area contributed by atoms with Crippen LogP contribution in [0.15, 0.2) is 0 Å². The zero-order valence-electron chi connectivity index (χ0n) is 9.40. The lowest BCUT2D eigenvalue weighted by Crippen LogP contribution is -2.34. The van der Waals surface area contributed by atoms with Gasteiger partial charge >= 0.3 is 0 Å². The summed E-state index contributed by atoms with van der Waals surface area (Å²) in [4.78, 5) is 0. The highest BCUT2D eigenvalue weighted by atomic mass is 16.3. The van der Waals surface area contributed by atoms with Gasteiger partial charge in [-0.15, -0.1) is 0 Å². The summed E-state index contributed by atoms with van der Waals surface area (Å²) in [5.74, 6) is 0. The Balaban J connectivity index is 3.39. The van der Waals surface area contributed by atoms with Crippen LogP contribution in [0.1, 0.15) is 46.5 Å². The number of hydrogen-bond acceptors (Lipinski definition) is 2. The predicted molar refractivity (Wildman–Crippen MR) is 57.9 cm³/mol. The van der Waals surface area contributed by atoms with Gasteiger partial charge in [-0.25, -0.2) is 0 Å². The molecule has 1 atom stereocenters. The van der Waals surface area contributed by atoms with Gasteiger partial charge in [-0.3, -0.25) is 0 Å². The van der Waals surface area contributed by atoms with Crippen LogP contribution >= 0.6 is 0 Å². The van der Waals surface area contributed by atoms with Crippen LogP contribution < -0.4 is 5.32 Å². The van der Waals surface area contributed by atoms with Crippen molar-refractivity contribution in [2.45, 2.75) is 46.5 Å². The molecule has 0 aliphatic carbocycles. The molecule has 0 aromatic carbocycles. The summed E-state index contributed by atoms with van der Waals surface area (Å²) in [6.07, 6.45) is 4.85. The molecule has 0 aliphatic heterocycles. The van der Waals surface area contributed by atoms with E-state index < -0.39 is 0 Å². The monoisotopic (exact) mass is 187 g/mol. The maximum atomic E-state index is 9.15. The van der Waals surface area contributed by atoms with Crippen molar-refractivity contribution in [3.8, 4) is 0 Å². The van der Waals surface area contributed by atoms with Crippen LogP contribution in [0.25, 0.3) is 0 Å². The molecule has 0 amide bonds. The van der Waals surface area contributed by atoms with Gasteiger partial charge in [-0.2, -0.15) is 0 Å². The molecule has 2 heteroatoms. The molecule has 0 saturated heterocycles. The van der Waals surface area contributed by atoms with Gasteiger partial charge in [-0.1, -0.05) is 33.6 Å². The average Bonchev–Trinajstić information content (AvgIpc) is 2.17. The van der Waals surface area contributed by atoms with E-state index >= 15 is 0 Å². The highest BCUT2D eigenvalue weighted by molar-refractivity contribution is 4.73. The van der Waals surface area contributed by atoms with E-state index in [4.69, 9.17) is 5.11 Å². The summed E-state index contributed by atoms with van der Waals surface area (Å²) >= 11 is 0.